The molecule has 2 aromatic rings. The Balaban J connectivity index is 1.86. The van der Waals surface area contributed by atoms with Crippen LogP contribution in [0.2, 0.25) is 10.0 Å². The molecule has 1 unspecified atom stereocenters. The Bertz CT molecular complexity index is 1100. The third-order valence-electron chi connectivity index (χ3n) is 7.46. The van der Waals surface area contributed by atoms with Crippen LogP contribution in [0.1, 0.15) is 56.1 Å². The Morgan fingerprint density at radius 3 is 2.58 bits per heavy atom. The molecule has 2 fully saturated rings. The second-order valence-corrected chi connectivity index (χ2v) is 9.79. The zero-order valence-electron chi connectivity index (χ0n) is 17.1. The topological polar surface area (TPSA) is 58.2 Å². The first-order valence-corrected chi connectivity index (χ1v) is 11.4. The highest BCUT2D eigenvalue weighted by Gasteiger charge is 2.71. The van der Waals surface area contributed by atoms with Gasteiger partial charge in [0.15, 0.2) is 0 Å². The lowest BCUT2D eigenvalue weighted by Crippen LogP contribution is -2.60. The smallest absolute Gasteiger partial charge is 0.237 e. The van der Waals surface area contributed by atoms with Gasteiger partial charge in [-0.3, -0.25) is 14.9 Å². The lowest BCUT2D eigenvalue weighted by atomic mass is 9.55. The van der Waals surface area contributed by atoms with Crippen molar-refractivity contribution in [3.8, 4) is 0 Å². The SMILES string of the molecule is CC(=O)[C@@H]1NC2(CCCCC2)[C@@]2(C(=O)Nc3cc(Cl)ccc32)C1c1cccc(Cl)c1F. The highest BCUT2D eigenvalue weighted by Crippen LogP contribution is 2.62. The summed E-state index contributed by atoms with van der Waals surface area (Å²) in [5, 5.41) is 7.06. The van der Waals surface area contributed by atoms with Gasteiger partial charge in [-0.15, -0.1) is 0 Å². The van der Waals surface area contributed by atoms with Crippen LogP contribution in [0.3, 0.4) is 0 Å². The molecule has 0 aromatic heterocycles. The number of anilines is 1. The lowest BCUT2D eigenvalue weighted by Gasteiger charge is -2.47. The predicted octanol–water partition coefficient (Wildman–Crippen LogP) is 5.37. The number of Topliss-reactive ketones (excluding diaryl/α,β-unsaturated/α-hetero) is 1. The molecule has 3 aliphatic rings. The quantitative estimate of drug-likeness (QED) is 0.633. The molecule has 3 atom stereocenters. The molecule has 1 amide bonds. The molecular weight excluding hydrogens is 438 g/mol. The molecule has 4 nitrogen and oxygen atoms in total. The number of rotatable bonds is 2. The van der Waals surface area contributed by atoms with Crippen LogP contribution < -0.4 is 10.6 Å². The van der Waals surface area contributed by atoms with Crippen molar-refractivity contribution in [2.45, 2.75) is 61.9 Å². The number of carbonyl (C=O) groups excluding carboxylic acids is 2. The van der Waals surface area contributed by atoms with Gasteiger partial charge in [-0.2, -0.15) is 0 Å². The van der Waals surface area contributed by atoms with Gasteiger partial charge in [0.2, 0.25) is 5.91 Å². The van der Waals surface area contributed by atoms with Crippen molar-refractivity contribution in [3.63, 3.8) is 0 Å². The van der Waals surface area contributed by atoms with Crippen LogP contribution in [0.25, 0.3) is 0 Å². The lowest BCUT2D eigenvalue weighted by molar-refractivity contribution is -0.124. The Labute approximate surface area is 190 Å². The largest absolute Gasteiger partial charge is 0.325 e. The highest BCUT2D eigenvalue weighted by atomic mass is 35.5. The molecule has 1 aliphatic carbocycles. The van der Waals surface area contributed by atoms with Gasteiger partial charge in [-0.1, -0.05) is 60.7 Å². The van der Waals surface area contributed by atoms with Gasteiger partial charge in [0.05, 0.1) is 11.1 Å². The van der Waals surface area contributed by atoms with Crippen molar-refractivity contribution in [3.05, 3.63) is 63.4 Å². The average molecular weight is 461 g/mol. The normalized spacial score (nSPS) is 28.7. The van der Waals surface area contributed by atoms with Crippen LogP contribution in [0, 0.1) is 5.82 Å². The second kappa shape index (κ2) is 7.29. The summed E-state index contributed by atoms with van der Waals surface area (Å²) in [5.41, 5.74) is -0.120. The number of hydrogen-bond donors (Lipinski definition) is 2. The van der Waals surface area contributed by atoms with Gasteiger partial charge >= 0.3 is 0 Å². The number of nitrogens with one attached hydrogen (secondary N) is 2. The summed E-state index contributed by atoms with van der Waals surface area (Å²) >= 11 is 12.4. The molecule has 5 rings (SSSR count). The molecule has 7 heteroatoms. The summed E-state index contributed by atoms with van der Waals surface area (Å²) in [7, 11) is 0. The van der Waals surface area contributed by atoms with E-state index < -0.39 is 28.7 Å². The maximum Gasteiger partial charge on any atom is 0.237 e. The summed E-state index contributed by atoms with van der Waals surface area (Å²) < 4.78 is 15.4. The molecule has 2 heterocycles. The summed E-state index contributed by atoms with van der Waals surface area (Å²) in [4.78, 5) is 26.8. The van der Waals surface area contributed by atoms with Gasteiger partial charge in [0, 0.05) is 22.2 Å². The number of ketones is 1. The average Bonchev–Trinajstić information content (AvgIpc) is 3.18. The van der Waals surface area contributed by atoms with E-state index in [4.69, 9.17) is 23.2 Å². The molecule has 31 heavy (non-hydrogen) atoms. The summed E-state index contributed by atoms with van der Waals surface area (Å²) in [6, 6.07) is 9.43. The molecule has 0 radical (unpaired) electrons. The molecule has 162 valence electrons. The monoisotopic (exact) mass is 460 g/mol. The van der Waals surface area contributed by atoms with Crippen molar-refractivity contribution in [2.24, 2.45) is 0 Å². The molecule has 2 aromatic carbocycles. The molecule has 2 N–H and O–H groups in total. The first-order valence-electron chi connectivity index (χ1n) is 10.7. The molecule has 2 aliphatic heterocycles. The Hall–Kier alpha value is -1.95. The minimum Gasteiger partial charge on any atom is -0.325 e. The number of halogens is 3. The first-order chi connectivity index (χ1) is 14.8. The minimum absolute atomic E-state index is 0.0192. The zero-order valence-corrected chi connectivity index (χ0v) is 18.6. The summed E-state index contributed by atoms with van der Waals surface area (Å²) in [5.74, 6) is -1.65. The van der Waals surface area contributed by atoms with E-state index in [9.17, 15) is 9.59 Å². The standard InChI is InChI=1S/C24H23Cl2FN2O2/c1-13(30)21-19(15-6-5-7-17(26)20(15)27)24(23(29-21)10-3-2-4-11-23)16-9-8-14(25)12-18(16)28-22(24)31/h5-9,12,19,21,29H,2-4,10-11H2,1H3,(H,28,31)/t19?,21-,24+/m0/s1. The van der Waals surface area contributed by atoms with Crippen LogP contribution in [0.15, 0.2) is 36.4 Å². The molecule has 2 spiro atoms. The highest BCUT2D eigenvalue weighted by molar-refractivity contribution is 6.31. The van der Waals surface area contributed by atoms with Gasteiger partial charge < -0.3 is 5.32 Å². The predicted molar refractivity (Wildman–Crippen MR) is 119 cm³/mol. The summed E-state index contributed by atoms with van der Waals surface area (Å²) in [6.07, 6.45) is 4.38. The number of carbonyl (C=O) groups is 2. The fourth-order valence-corrected chi connectivity index (χ4v) is 6.69. The van der Waals surface area contributed by atoms with Crippen molar-refractivity contribution < 1.29 is 14.0 Å². The van der Waals surface area contributed by atoms with Crippen LogP contribution in [0.5, 0.6) is 0 Å². The fourth-order valence-electron chi connectivity index (χ4n) is 6.34. The first kappa shape index (κ1) is 20.9. The maximum atomic E-state index is 15.4. The van der Waals surface area contributed by atoms with Gasteiger partial charge in [-0.25, -0.2) is 4.39 Å². The van der Waals surface area contributed by atoms with E-state index in [2.05, 4.69) is 10.6 Å². The summed E-state index contributed by atoms with van der Waals surface area (Å²) in [6.45, 7) is 1.50. The molecule has 0 bridgehead atoms. The van der Waals surface area contributed by atoms with E-state index in [0.717, 1.165) is 37.7 Å². The van der Waals surface area contributed by atoms with Crippen molar-refractivity contribution in [1.29, 1.82) is 0 Å². The van der Waals surface area contributed by atoms with E-state index in [0.29, 0.717) is 16.3 Å². The number of hydrogen-bond acceptors (Lipinski definition) is 3. The van der Waals surface area contributed by atoms with Crippen LogP contribution in [-0.2, 0) is 15.0 Å². The van der Waals surface area contributed by atoms with Crippen molar-refractivity contribution in [2.75, 3.05) is 5.32 Å². The Morgan fingerprint density at radius 1 is 1.13 bits per heavy atom. The van der Waals surface area contributed by atoms with Crippen molar-refractivity contribution >= 4 is 40.6 Å². The number of amides is 1. The number of fused-ring (bicyclic) bond motifs is 3. The minimum atomic E-state index is -1.14. The Morgan fingerprint density at radius 2 is 1.87 bits per heavy atom. The van der Waals surface area contributed by atoms with Gasteiger partial charge in [0.25, 0.3) is 0 Å². The third-order valence-corrected chi connectivity index (χ3v) is 7.99. The van der Waals surface area contributed by atoms with Gasteiger partial charge in [0.1, 0.15) is 17.0 Å². The van der Waals surface area contributed by atoms with Crippen LogP contribution >= 0.6 is 23.2 Å². The Kier molecular flexibility index (Phi) is 4.92. The van der Waals surface area contributed by atoms with Gasteiger partial charge in [-0.05, 0) is 49.1 Å². The van der Waals surface area contributed by atoms with E-state index >= 15 is 4.39 Å². The van der Waals surface area contributed by atoms with E-state index in [1.54, 1.807) is 24.3 Å². The van der Waals surface area contributed by atoms with Crippen LogP contribution in [-0.4, -0.2) is 23.3 Å². The van der Waals surface area contributed by atoms with E-state index in [-0.39, 0.29) is 16.7 Å². The van der Waals surface area contributed by atoms with Crippen LogP contribution in [0.4, 0.5) is 10.1 Å². The molecule has 1 saturated heterocycles. The molecule has 1 saturated carbocycles. The van der Waals surface area contributed by atoms with E-state index in [1.165, 1.54) is 13.0 Å². The van der Waals surface area contributed by atoms with Crippen molar-refractivity contribution in [1.82, 2.24) is 5.32 Å². The van der Waals surface area contributed by atoms with E-state index in [1.807, 2.05) is 6.07 Å². The number of benzene rings is 2. The fraction of sp³-hybridized carbons (Fsp3) is 0.417. The second-order valence-electron chi connectivity index (χ2n) is 8.95. The molecular formula is C24H23Cl2FN2O2. The third kappa shape index (κ3) is 2.76. The zero-order chi connectivity index (χ0) is 22.0. The maximum absolute atomic E-state index is 15.4.